The highest BCUT2D eigenvalue weighted by molar-refractivity contribution is 5.58. The van der Waals surface area contributed by atoms with Gasteiger partial charge in [-0.05, 0) is 32.5 Å². The molecule has 1 saturated heterocycles. The number of aromatic amines is 1. The van der Waals surface area contributed by atoms with Gasteiger partial charge in [-0.3, -0.25) is 10.00 Å². The van der Waals surface area contributed by atoms with Gasteiger partial charge in [0.2, 0.25) is 0 Å². The molecule has 0 radical (unpaired) electrons. The first-order valence-corrected chi connectivity index (χ1v) is 7.34. The Bertz CT molecular complexity index is 534. The minimum atomic E-state index is 0.625. The number of hydrogen-bond acceptors (Lipinski definition) is 3. The van der Waals surface area contributed by atoms with E-state index in [-0.39, 0.29) is 0 Å². The molecular formula is C16H22N4. The van der Waals surface area contributed by atoms with E-state index in [0.29, 0.717) is 6.04 Å². The molecule has 3 rings (SSSR count). The minimum absolute atomic E-state index is 0.625. The second-order valence-electron chi connectivity index (χ2n) is 5.51. The fraction of sp³-hybridized carbons (Fsp3) is 0.438. The summed E-state index contributed by atoms with van der Waals surface area (Å²) in [6.45, 7) is 3.26. The zero-order valence-electron chi connectivity index (χ0n) is 12.0. The summed E-state index contributed by atoms with van der Waals surface area (Å²) in [6, 6.07) is 13.1. The monoisotopic (exact) mass is 270 g/mol. The van der Waals surface area contributed by atoms with Crippen LogP contribution in [-0.4, -0.2) is 41.3 Å². The Balaban J connectivity index is 1.65. The van der Waals surface area contributed by atoms with Crippen LogP contribution in [-0.2, 0) is 6.54 Å². The highest BCUT2D eigenvalue weighted by atomic mass is 15.2. The van der Waals surface area contributed by atoms with Crippen LogP contribution in [0.15, 0.2) is 36.4 Å². The van der Waals surface area contributed by atoms with Gasteiger partial charge < -0.3 is 5.32 Å². The van der Waals surface area contributed by atoms with Gasteiger partial charge in [0.25, 0.3) is 0 Å². The molecule has 0 spiro atoms. The van der Waals surface area contributed by atoms with Gasteiger partial charge in [0.05, 0.1) is 5.69 Å². The first-order chi connectivity index (χ1) is 9.85. The minimum Gasteiger partial charge on any atom is -0.316 e. The fourth-order valence-corrected chi connectivity index (χ4v) is 2.88. The molecule has 1 aromatic heterocycles. The molecule has 0 saturated carbocycles. The van der Waals surface area contributed by atoms with Crippen molar-refractivity contribution in [1.29, 1.82) is 0 Å². The van der Waals surface area contributed by atoms with Gasteiger partial charge >= 0.3 is 0 Å². The van der Waals surface area contributed by atoms with Crippen molar-refractivity contribution in [3.8, 4) is 11.3 Å². The van der Waals surface area contributed by atoms with E-state index in [1.165, 1.54) is 30.6 Å². The van der Waals surface area contributed by atoms with Gasteiger partial charge in [-0.1, -0.05) is 30.3 Å². The van der Waals surface area contributed by atoms with Gasteiger partial charge in [-0.25, -0.2) is 0 Å². The van der Waals surface area contributed by atoms with Crippen LogP contribution < -0.4 is 5.32 Å². The number of likely N-dealkylation sites (N-methyl/N-ethyl adjacent to an activating group) is 1. The normalized spacial score (nSPS) is 20.1. The smallest absolute Gasteiger partial charge is 0.0924 e. The van der Waals surface area contributed by atoms with E-state index in [1.807, 2.05) is 18.2 Å². The lowest BCUT2D eigenvalue weighted by molar-refractivity contribution is 0.186. The molecule has 1 fully saturated rings. The molecule has 4 nitrogen and oxygen atoms in total. The van der Waals surface area contributed by atoms with Crippen molar-refractivity contribution in [1.82, 2.24) is 20.4 Å². The maximum Gasteiger partial charge on any atom is 0.0924 e. The van der Waals surface area contributed by atoms with E-state index < -0.39 is 0 Å². The summed E-state index contributed by atoms with van der Waals surface area (Å²) < 4.78 is 0. The van der Waals surface area contributed by atoms with Gasteiger partial charge in [-0.2, -0.15) is 5.10 Å². The number of benzene rings is 1. The van der Waals surface area contributed by atoms with E-state index in [1.54, 1.807) is 0 Å². The summed E-state index contributed by atoms with van der Waals surface area (Å²) in [5.41, 5.74) is 3.39. The third-order valence-corrected chi connectivity index (χ3v) is 4.01. The average Bonchev–Trinajstić information content (AvgIpc) is 2.97. The molecule has 1 atom stereocenters. The number of aromatic nitrogens is 2. The zero-order chi connectivity index (χ0) is 13.8. The number of nitrogens with zero attached hydrogens (tertiary/aromatic N) is 2. The predicted molar refractivity (Wildman–Crippen MR) is 81.4 cm³/mol. The number of piperidine rings is 1. The molecule has 0 bridgehead atoms. The quantitative estimate of drug-likeness (QED) is 0.895. The molecular weight excluding hydrogens is 248 g/mol. The van der Waals surface area contributed by atoms with Crippen LogP contribution in [0.5, 0.6) is 0 Å². The zero-order valence-corrected chi connectivity index (χ0v) is 12.0. The van der Waals surface area contributed by atoms with Gasteiger partial charge in [-0.15, -0.1) is 0 Å². The topological polar surface area (TPSA) is 44.0 Å². The SMILES string of the molecule is CNC1CCCN(Cc2cc(-c3ccccc3)n[nH]2)C1. The molecule has 1 aromatic carbocycles. The third-order valence-electron chi connectivity index (χ3n) is 4.01. The number of nitrogens with one attached hydrogen (secondary N) is 2. The van der Waals surface area contributed by atoms with Crippen molar-refractivity contribution in [2.45, 2.75) is 25.4 Å². The summed E-state index contributed by atoms with van der Waals surface area (Å²) in [5, 5.41) is 11.0. The molecule has 0 amide bonds. The van der Waals surface area contributed by atoms with Crippen LogP contribution in [0.3, 0.4) is 0 Å². The molecule has 2 heterocycles. The van der Waals surface area contributed by atoms with Crippen LogP contribution in [0.25, 0.3) is 11.3 Å². The Morgan fingerprint density at radius 2 is 2.20 bits per heavy atom. The van der Waals surface area contributed by atoms with Crippen LogP contribution in [0.2, 0.25) is 0 Å². The van der Waals surface area contributed by atoms with E-state index in [0.717, 1.165) is 18.8 Å². The molecule has 2 N–H and O–H groups in total. The number of likely N-dealkylation sites (tertiary alicyclic amines) is 1. The first kappa shape index (κ1) is 13.3. The van der Waals surface area contributed by atoms with Crippen molar-refractivity contribution in [2.24, 2.45) is 0 Å². The molecule has 1 unspecified atom stereocenters. The van der Waals surface area contributed by atoms with Crippen molar-refractivity contribution in [3.05, 3.63) is 42.1 Å². The maximum atomic E-state index is 4.42. The lowest BCUT2D eigenvalue weighted by atomic mass is 10.1. The summed E-state index contributed by atoms with van der Waals surface area (Å²) >= 11 is 0. The molecule has 1 aliphatic heterocycles. The number of hydrogen-bond donors (Lipinski definition) is 2. The van der Waals surface area contributed by atoms with Crippen molar-refractivity contribution >= 4 is 0 Å². The number of rotatable bonds is 4. The van der Waals surface area contributed by atoms with Crippen molar-refractivity contribution in [2.75, 3.05) is 20.1 Å². The molecule has 0 aliphatic carbocycles. The lowest BCUT2D eigenvalue weighted by Gasteiger charge is -2.32. The van der Waals surface area contributed by atoms with Gasteiger partial charge in [0.1, 0.15) is 0 Å². The van der Waals surface area contributed by atoms with E-state index in [4.69, 9.17) is 0 Å². The third kappa shape index (κ3) is 3.08. The Morgan fingerprint density at radius 3 is 3.00 bits per heavy atom. The maximum absolute atomic E-state index is 4.42. The largest absolute Gasteiger partial charge is 0.316 e. The standard InChI is InChI=1S/C16H22N4/c1-17-14-8-5-9-20(11-14)12-15-10-16(19-18-15)13-6-3-2-4-7-13/h2-4,6-7,10,14,17H,5,8-9,11-12H2,1H3,(H,18,19). The Hall–Kier alpha value is -1.65. The fourth-order valence-electron chi connectivity index (χ4n) is 2.88. The highest BCUT2D eigenvalue weighted by Gasteiger charge is 2.19. The number of H-pyrrole nitrogens is 1. The molecule has 2 aromatic rings. The van der Waals surface area contributed by atoms with E-state index in [2.05, 4.69) is 45.7 Å². The van der Waals surface area contributed by atoms with Crippen molar-refractivity contribution in [3.63, 3.8) is 0 Å². The van der Waals surface area contributed by atoms with Crippen LogP contribution in [0.1, 0.15) is 18.5 Å². The van der Waals surface area contributed by atoms with Crippen molar-refractivity contribution < 1.29 is 0 Å². The summed E-state index contributed by atoms with van der Waals surface area (Å²) in [5.74, 6) is 0. The first-order valence-electron chi connectivity index (χ1n) is 7.34. The Kier molecular flexibility index (Phi) is 4.14. The summed E-state index contributed by atoms with van der Waals surface area (Å²) in [4.78, 5) is 2.49. The van der Waals surface area contributed by atoms with Crippen LogP contribution in [0, 0.1) is 0 Å². The van der Waals surface area contributed by atoms with Gasteiger partial charge in [0.15, 0.2) is 0 Å². The second kappa shape index (κ2) is 6.20. The van der Waals surface area contributed by atoms with Crippen LogP contribution >= 0.6 is 0 Å². The van der Waals surface area contributed by atoms with Gasteiger partial charge in [0, 0.05) is 30.4 Å². The second-order valence-corrected chi connectivity index (χ2v) is 5.51. The molecule has 1 aliphatic rings. The highest BCUT2D eigenvalue weighted by Crippen LogP contribution is 2.19. The van der Waals surface area contributed by atoms with Crippen LogP contribution in [0.4, 0.5) is 0 Å². The summed E-state index contributed by atoms with van der Waals surface area (Å²) in [6.07, 6.45) is 2.55. The Morgan fingerprint density at radius 1 is 1.35 bits per heavy atom. The van der Waals surface area contributed by atoms with E-state index in [9.17, 15) is 0 Å². The summed E-state index contributed by atoms with van der Waals surface area (Å²) in [7, 11) is 2.05. The molecule has 20 heavy (non-hydrogen) atoms. The molecule has 106 valence electrons. The Labute approximate surface area is 120 Å². The predicted octanol–water partition coefficient (Wildman–Crippen LogP) is 2.26. The average molecular weight is 270 g/mol. The molecule has 4 heteroatoms. The van der Waals surface area contributed by atoms with E-state index >= 15 is 0 Å². The lowest BCUT2D eigenvalue weighted by Crippen LogP contribution is -2.43.